The highest BCUT2D eigenvalue weighted by Crippen LogP contribution is 2.34. The number of ether oxygens (including phenoxy) is 1. The third-order valence-electron chi connectivity index (χ3n) is 4.54. The van der Waals surface area contributed by atoms with Crippen molar-refractivity contribution in [3.05, 3.63) is 54.1 Å². The van der Waals surface area contributed by atoms with Crippen molar-refractivity contribution < 1.29 is 17.9 Å². The van der Waals surface area contributed by atoms with Gasteiger partial charge in [-0.05, 0) is 49.6 Å². The third kappa shape index (κ3) is 5.03. The summed E-state index contributed by atoms with van der Waals surface area (Å²) in [4.78, 5) is 8.47. The van der Waals surface area contributed by atoms with Gasteiger partial charge < -0.3 is 10.5 Å². The standard InChI is InChI=1S/C22H24F3N3O/c1-13(2)10-22(3,26)12-29-20-11-28-19(9-17(20)21(24)25)15-6-7-27-18-5-4-14(23)8-16(15)18/h4-9,11,13,21H,10,12,26H2,1-3H3. The molecule has 0 saturated carbocycles. The fraction of sp³-hybridized carbons (Fsp3) is 0.364. The van der Waals surface area contributed by atoms with Crippen molar-refractivity contribution in [2.45, 2.75) is 39.2 Å². The van der Waals surface area contributed by atoms with E-state index in [0.717, 1.165) is 0 Å². The van der Waals surface area contributed by atoms with Crippen LogP contribution in [0, 0.1) is 11.7 Å². The Balaban J connectivity index is 1.96. The van der Waals surface area contributed by atoms with Gasteiger partial charge in [-0.1, -0.05) is 13.8 Å². The molecule has 3 rings (SSSR count). The third-order valence-corrected chi connectivity index (χ3v) is 4.54. The van der Waals surface area contributed by atoms with Crippen LogP contribution < -0.4 is 10.5 Å². The zero-order valence-corrected chi connectivity index (χ0v) is 16.6. The molecule has 2 heterocycles. The highest BCUT2D eigenvalue weighted by Gasteiger charge is 2.24. The Morgan fingerprint density at radius 3 is 2.59 bits per heavy atom. The molecule has 4 nitrogen and oxygen atoms in total. The van der Waals surface area contributed by atoms with Crippen LogP contribution in [0.4, 0.5) is 13.2 Å². The Morgan fingerprint density at radius 1 is 1.14 bits per heavy atom. The summed E-state index contributed by atoms with van der Waals surface area (Å²) in [5.41, 5.74) is 6.65. The Labute approximate surface area is 167 Å². The largest absolute Gasteiger partial charge is 0.490 e. The van der Waals surface area contributed by atoms with E-state index in [1.165, 1.54) is 36.7 Å². The van der Waals surface area contributed by atoms with E-state index in [1.54, 1.807) is 6.07 Å². The second-order valence-corrected chi connectivity index (χ2v) is 7.97. The number of nitrogens with two attached hydrogens (primary N) is 1. The summed E-state index contributed by atoms with van der Waals surface area (Å²) >= 11 is 0. The lowest BCUT2D eigenvalue weighted by atomic mass is 9.93. The van der Waals surface area contributed by atoms with Gasteiger partial charge in [-0.25, -0.2) is 13.2 Å². The molecule has 0 bridgehead atoms. The lowest BCUT2D eigenvalue weighted by Crippen LogP contribution is -2.43. The maximum atomic E-state index is 13.7. The van der Waals surface area contributed by atoms with Crippen molar-refractivity contribution in [3.8, 4) is 17.0 Å². The number of pyridine rings is 2. The van der Waals surface area contributed by atoms with Gasteiger partial charge in [-0.2, -0.15) is 0 Å². The molecule has 1 unspecified atom stereocenters. The Hall–Kier alpha value is -2.67. The topological polar surface area (TPSA) is 61.0 Å². The molecule has 154 valence electrons. The maximum Gasteiger partial charge on any atom is 0.267 e. The SMILES string of the molecule is CC(C)CC(C)(N)COc1cnc(-c2ccnc3ccc(F)cc23)cc1C(F)F. The molecule has 7 heteroatoms. The van der Waals surface area contributed by atoms with Crippen LogP contribution in [0.25, 0.3) is 22.2 Å². The number of aromatic nitrogens is 2. The van der Waals surface area contributed by atoms with E-state index in [4.69, 9.17) is 10.5 Å². The molecule has 0 saturated heterocycles. The zero-order chi connectivity index (χ0) is 21.2. The molecular weight excluding hydrogens is 379 g/mol. The summed E-state index contributed by atoms with van der Waals surface area (Å²) < 4.78 is 46.8. The fourth-order valence-electron chi connectivity index (χ4n) is 3.47. The normalized spacial score (nSPS) is 13.8. The van der Waals surface area contributed by atoms with E-state index < -0.39 is 17.8 Å². The van der Waals surface area contributed by atoms with E-state index in [1.807, 2.05) is 20.8 Å². The summed E-state index contributed by atoms with van der Waals surface area (Å²) in [6, 6.07) is 7.05. The van der Waals surface area contributed by atoms with Gasteiger partial charge in [-0.3, -0.25) is 9.97 Å². The number of halogens is 3. The monoisotopic (exact) mass is 403 g/mol. The molecule has 0 aliphatic heterocycles. The maximum absolute atomic E-state index is 13.7. The average molecular weight is 403 g/mol. The predicted octanol–water partition coefficient (Wildman–Crippen LogP) is 5.52. The van der Waals surface area contributed by atoms with Crippen molar-refractivity contribution in [1.82, 2.24) is 9.97 Å². The van der Waals surface area contributed by atoms with E-state index in [-0.39, 0.29) is 17.9 Å². The molecule has 0 radical (unpaired) electrons. The first-order valence-corrected chi connectivity index (χ1v) is 9.41. The minimum Gasteiger partial charge on any atom is -0.490 e. The smallest absolute Gasteiger partial charge is 0.267 e. The van der Waals surface area contributed by atoms with E-state index in [0.29, 0.717) is 34.5 Å². The summed E-state index contributed by atoms with van der Waals surface area (Å²) in [5.74, 6) is -0.0917. The van der Waals surface area contributed by atoms with Crippen molar-refractivity contribution in [3.63, 3.8) is 0 Å². The van der Waals surface area contributed by atoms with Gasteiger partial charge in [0.25, 0.3) is 6.43 Å². The highest BCUT2D eigenvalue weighted by molar-refractivity contribution is 5.93. The van der Waals surface area contributed by atoms with Crippen LogP contribution >= 0.6 is 0 Å². The van der Waals surface area contributed by atoms with E-state index in [9.17, 15) is 13.2 Å². The minimum absolute atomic E-state index is 0.00581. The number of fused-ring (bicyclic) bond motifs is 1. The Bertz CT molecular complexity index is 1010. The van der Waals surface area contributed by atoms with Gasteiger partial charge >= 0.3 is 0 Å². The summed E-state index contributed by atoms with van der Waals surface area (Å²) in [6.07, 6.45) is 0.742. The first-order valence-electron chi connectivity index (χ1n) is 9.41. The molecule has 3 aromatic rings. The van der Waals surface area contributed by atoms with Crippen LogP contribution in [0.1, 0.15) is 39.2 Å². The van der Waals surface area contributed by atoms with Gasteiger partial charge in [0.1, 0.15) is 18.2 Å². The quantitative estimate of drug-likeness (QED) is 0.565. The number of nitrogens with zero attached hydrogens (tertiary/aromatic N) is 2. The molecule has 1 atom stereocenters. The number of rotatable bonds is 7. The zero-order valence-electron chi connectivity index (χ0n) is 16.6. The van der Waals surface area contributed by atoms with Crippen LogP contribution in [0.15, 0.2) is 42.7 Å². The predicted molar refractivity (Wildman–Crippen MR) is 107 cm³/mol. The first kappa shape index (κ1) is 21.0. The van der Waals surface area contributed by atoms with Crippen molar-refractivity contribution in [2.75, 3.05) is 6.61 Å². The van der Waals surface area contributed by atoms with Crippen molar-refractivity contribution >= 4 is 10.9 Å². The van der Waals surface area contributed by atoms with Crippen LogP contribution in [-0.2, 0) is 0 Å². The average Bonchev–Trinajstić information content (AvgIpc) is 2.64. The molecular formula is C22H24F3N3O. The Kier molecular flexibility index (Phi) is 6.07. The number of benzene rings is 1. The van der Waals surface area contributed by atoms with E-state index >= 15 is 0 Å². The Morgan fingerprint density at radius 2 is 1.90 bits per heavy atom. The van der Waals surface area contributed by atoms with Crippen LogP contribution in [0.2, 0.25) is 0 Å². The second-order valence-electron chi connectivity index (χ2n) is 7.97. The lowest BCUT2D eigenvalue weighted by molar-refractivity contribution is 0.139. The summed E-state index contributed by atoms with van der Waals surface area (Å²) in [5, 5.41) is 0.500. The van der Waals surface area contributed by atoms with Gasteiger partial charge in [0.15, 0.2) is 0 Å². The number of hydrogen-bond donors (Lipinski definition) is 1. The molecule has 29 heavy (non-hydrogen) atoms. The van der Waals surface area contributed by atoms with Crippen molar-refractivity contribution in [2.24, 2.45) is 11.7 Å². The van der Waals surface area contributed by atoms with E-state index in [2.05, 4.69) is 9.97 Å². The van der Waals surface area contributed by atoms with Gasteiger partial charge in [0.2, 0.25) is 0 Å². The van der Waals surface area contributed by atoms with Crippen LogP contribution in [0.3, 0.4) is 0 Å². The van der Waals surface area contributed by atoms with Crippen molar-refractivity contribution in [1.29, 1.82) is 0 Å². The molecule has 0 amide bonds. The fourth-order valence-corrected chi connectivity index (χ4v) is 3.47. The number of hydrogen-bond acceptors (Lipinski definition) is 4. The van der Waals surface area contributed by atoms with Crippen LogP contribution in [-0.4, -0.2) is 22.1 Å². The molecule has 2 aromatic heterocycles. The summed E-state index contributed by atoms with van der Waals surface area (Å²) in [7, 11) is 0. The first-order chi connectivity index (χ1) is 13.7. The van der Waals surface area contributed by atoms with Crippen LogP contribution in [0.5, 0.6) is 5.75 Å². The molecule has 0 aliphatic carbocycles. The van der Waals surface area contributed by atoms with Gasteiger partial charge in [0.05, 0.1) is 23.0 Å². The summed E-state index contributed by atoms with van der Waals surface area (Å²) in [6.45, 7) is 5.99. The highest BCUT2D eigenvalue weighted by atomic mass is 19.3. The molecule has 0 aliphatic rings. The molecule has 0 fully saturated rings. The number of alkyl halides is 2. The van der Waals surface area contributed by atoms with Gasteiger partial charge in [0, 0.05) is 22.7 Å². The molecule has 1 aromatic carbocycles. The molecule has 2 N–H and O–H groups in total. The molecule has 0 spiro atoms. The minimum atomic E-state index is -2.76. The van der Waals surface area contributed by atoms with Gasteiger partial charge in [-0.15, -0.1) is 0 Å². The second kappa shape index (κ2) is 8.37. The lowest BCUT2D eigenvalue weighted by Gasteiger charge is -2.27.